The number of nitrogens with one attached hydrogen (secondary N) is 1. The summed E-state index contributed by atoms with van der Waals surface area (Å²) in [5, 5.41) is 3.44. The second-order valence-corrected chi connectivity index (χ2v) is 8.09. The molecule has 0 spiro atoms. The maximum absolute atomic E-state index is 12.2. The van der Waals surface area contributed by atoms with Crippen LogP contribution in [0.4, 0.5) is 16.3 Å². The van der Waals surface area contributed by atoms with Crippen molar-refractivity contribution >= 4 is 17.6 Å². The van der Waals surface area contributed by atoms with Gasteiger partial charge in [0.05, 0.1) is 25.1 Å². The summed E-state index contributed by atoms with van der Waals surface area (Å²) < 4.78 is 16.7. The monoisotopic (exact) mass is 378 g/mol. The van der Waals surface area contributed by atoms with Gasteiger partial charge in [-0.15, -0.1) is 0 Å². The minimum Gasteiger partial charge on any atom is -0.486 e. The van der Waals surface area contributed by atoms with Crippen LogP contribution < -0.4 is 15.8 Å². The van der Waals surface area contributed by atoms with E-state index in [2.05, 4.69) is 10.3 Å². The Labute approximate surface area is 160 Å². The highest BCUT2D eigenvalue weighted by molar-refractivity contribution is 5.68. The average Bonchev–Trinajstić information content (AvgIpc) is 3.10. The van der Waals surface area contributed by atoms with Crippen LogP contribution in [0.5, 0.6) is 5.75 Å². The fraction of sp³-hybridized carbons (Fsp3) is 0.684. The maximum Gasteiger partial charge on any atom is 0.410 e. The maximum atomic E-state index is 12.2. The van der Waals surface area contributed by atoms with E-state index in [9.17, 15) is 4.79 Å². The molecule has 1 unspecified atom stereocenters. The molecule has 150 valence electrons. The number of nitrogen functional groups attached to an aromatic ring is 1. The molecule has 8 nitrogen and oxygen atoms in total. The second kappa shape index (κ2) is 8.21. The van der Waals surface area contributed by atoms with Gasteiger partial charge in [0.15, 0.2) is 0 Å². The highest BCUT2D eigenvalue weighted by atomic mass is 16.6. The summed E-state index contributed by atoms with van der Waals surface area (Å²) in [5.74, 6) is 1.13. The van der Waals surface area contributed by atoms with Gasteiger partial charge in [-0.1, -0.05) is 0 Å². The van der Waals surface area contributed by atoms with Crippen LogP contribution in [0.1, 0.15) is 40.0 Å². The van der Waals surface area contributed by atoms with Crippen molar-refractivity contribution in [3.63, 3.8) is 0 Å². The van der Waals surface area contributed by atoms with E-state index in [1.54, 1.807) is 11.1 Å². The van der Waals surface area contributed by atoms with Crippen molar-refractivity contribution < 1.29 is 19.0 Å². The summed E-state index contributed by atoms with van der Waals surface area (Å²) in [7, 11) is 0. The van der Waals surface area contributed by atoms with Crippen molar-refractivity contribution in [3.8, 4) is 5.75 Å². The van der Waals surface area contributed by atoms with E-state index >= 15 is 0 Å². The number of likely N-dealkylation sites (tertiary alicyclic amines) is 1. The number of piperidine rings is 1. The van der Waals surface area contributed by atoms with Crippen LogP contribution in [0.3, 0.4) is 0 Å². The Kier molecular flexibility index (Phi) is 5.94. The highest BCUT2D eigenvalue weighted by Crippen LogP contribution is 2.27. The number of hydrogen-bond acceptors (Lipinski definition) is 7. The van der Waals surface area contributed by atoms with Crippen LogP contribution >= 0.6 is 0 Å². The van der Waals surface area contributed by atoms with Gasteiger partial charge in [-0.3, -0.25) is 0 Å². The van der Waals surface area contributed by atoms with Crippen LogP contribution in [0.2, 0.25) is 0 Å². The Morgan fingerprint density at radius 3 is 2.70 bits per heavy atom. The predicted octanol–water partition coefficient (Wildman–Crippen LogP) is 2.64. The lowest BCUT2D eigenvalue weighted by Gasteiger charge is -2.34. The highest BCUT2D eigenvalue weighted by Gasteiger charge is 2.27. The fourth-order valence-corrected chi connectivity index (χ4v) is 3.19. The zero-order chi connectivity index (χ0) is 19.4. The molecule has 1 atom stereocenters. The molecule has 3 N–H and O–H groups in total. The van der Waals surface area contributed by atoms with E-state index in [-0.39, 0.29) is 18.2 Å². The summed E-state index contributed by atoms with van der Waals surface area (Å²) in [6.45, 7) is 8.26. The lowest BCUT2D eigenvalue weighted by Crippen LogP contribution is -2.44. The lowest BCUT2D eigenvalue weighted by molar-refractivity contribution is 0.0210. The summed E-state index contributed by atoms with van der Waals surface area (Å²) in [4.78, 5) is 18.2. The Morgan fingerprint density at radius 2 is 2.07 bits per heavy atom. The number of carbonyl (C=O) groups excluding carboxylic acids is 1. The number of anilines is 2. The van der Waals surface area contributed by atoms with E-state index in [0.29, 0.717) is 31.3 Å². The molecule has 0 bridgehead atoms. The molecular formula is C19H30N4O4. The molecule has 2 saturated heterocycles. The smallest absolute Gasteiger partial charge is 0.410 e. The second-order valence-electron chi connectivity index (χ2n) is 8.09. The number of nitrogens with zero attached hydrogens (tertiary/aromatic N) is 2. The Bertz CT molecular complexity index is 648. The van der Waals surface area contributed by atoms with Crippen molar-refractivity contribution in [1.82, 2.24) is 9.88 Å². The molecule has 3 heterocycles. The first-order valence-corrected chi connectivity index (χ1v) is 9.54. The van der Waals surface area contributed by atoms with Crippen LogP contribution in [0.15, 0.2) is 12.3 Å². The van der Waals surface area contributed by atoms with Gasteiger partial charge in [0, 0.05) is 31.6 Å². The molecule has 2 aliphatic heterocycles. The molecule has 1 aromatic rings. The van der Waals surface area contributed by atoms with E-state index in [0.717, 1.165) is 31.6 Å². The molecule has 8 heteroatoms. The Hall–Kier alpha value is -2.22. The number of ether oxygens (including phenoxy) is 3. The molecular weight excluding hydrogens is 348 g/mol. The Morgan fingerprint density at radius 1 is 1.33 bits per heavy atom. The van der Waals surface area contributed by atoms with Crippen molar-refractivity contribution in [2.24, 2.45) is 0 Å². The molecule has 0 saturated carbocycles. The van der Waals surface area contributed by atoms with Crippen LogP contribution in [-0.4, -0.2) is 60.0 Å². The van der Waals surface area contributed by atoms with Crippen LogP contribution in [0.25, 0.3) is 0 Å². The summed E-state index contributed by atoms with van der Waals surface area (Å²) in [5.41, 5.74) is 6.31. The first kappa shape index (κ1) is 19.5. The molecule has 3 rings (SSSR count). The molecule has 1 aromatic heterocycles. The predicted molar refractivity (Wildman–Crippen MR) is 103 cm³/mol. The van der Waals surface area contributed by atoms with Gasteiger partial charge in [0.2, 0.25) is 0 Å². The van der Waals surface area contributed by atoms with Gasteiger partial charge in [0.25, 0.3) is 0 Å². The molecule has 1 amide bonds. The van der Waals surface area contributed by atoms with E-state index in [1.165, 1.54) is 0 Å². The topological polar surface area (TPSA) is 98.9 Å². The largest absolute Gasteiger partial charge is 0.486 e. The Balaban J connectivity index is 1.53. The van der Waals surface area contributed by atoms with Gasteiger partial charge in [-0.05, 0) is 33.6 Å². The molecule has 0 radical (unpaired) electrons. The fourth-order valence-electron chi connectivity index (χ4n) is 3.19. The van der Waals surface area contributed by atoms with Gasteiger partial charge in [-0.25, -0.2) is 9.78 Å². The van der Waals surface area contributed by atoms with E-state index in [4.69, 9.17) is 19.9 Å². The molecule has 27 heavy (non-hydrogen) atoms. The molecule has 2 fully saturated rings. The molecule has 2 aliphatic rings. The number of aromatic nitrogens is 1. The van der Waals surface area contributed by atoms with E-state index < -0.39 is 5.60 Å². The first-order valence-electron chi connectivity index (χ1n) is 9.54. The normalized spacial score (nSPS) is 21.1. The number of amides is 1. The van der Waals surface area contributed by atoms with Crippen molar-refractivity contribution in [3.05, 3.63) is 12.3 Å². The van der Waals surface area contributed by atoms with E-state index in [1.807, 2.05) is 26.8 Å². The van der Waals surface area contributed by atoms with Crippen LogP contribution in [-0.2, 0) is 9.47 Å². The van der Waals surface area contributed by atoms with Crippen molar-refractivity contribution in [2.75, 3.05) is 37.4 Å². The number of rotatable bonds is 4. The van der Waals surface area contributed by atoms with Crippen molar-refractivity contribution in [2.45, 2.75) is 57.8 Å². The van der Waals surface area contributed by atoms with Gasteiger partial charge < -0.3 is 30.2 Å². The third-order valence-corrected chi connectivity index (χ3v) is 4.59. The third kappa shape index (κ3) is 5.63. The quantitative estimate of drug-likeness (QED) is 0.831. The standard InChI is InChI=1S/C19H30N4O4/c1-19(2,3)27-18(24)23-7-4-13(5-8-23)22-16-10-15(11-21-17(16)20)26-14-6-9-25-12-14/h10-11,13-14,22H,4-9,12H2,1-3H3,(H2,20,21). The molecule has 0 aromatic carbocycles. The number of carbonyl (C=O) groups is 1. The molecule has 0 aliphatic carbocycles. The zero-order valence-electron chi connectivity index (χ0n) is 16.4. The minimum atomic E-state index is -0.475. The van der Waals surface area contributed by atoms with Crippen molar-refractivity contribution in [1.29, 1.82) is 0 Å². The average molecular weight is 378 g/mol. The summed E-state index contributed by atoms with van der Waals surface area (Å²) in [6.07, 6.45) is 3.98. The third-order valence-electron chi connectivity index (χ3n) is 4.59. The summed E-state index contributed by atoms with van der Waals surface area (Å²) >= 11 is 0. The van der Waals surface area contributed by atoms with Gasteiger partial charge >= 0.3 is 6.09 Å². The number of hydrogen-bond donors (Lipinski definition) is 2. The minimum absolute atomic E-state index is 0.0698. The number of pyridine rings is 1. The van der Waals surface area contributed by atoms with Gasteiger partial charge in [-0.2, -0.15) is 0 Å². The number of nitrogens with two attached hydrogens (primary N) is 1. The van der Waals surface area contributed by atoms with Gasteiger partial charge in [0.1, 0.15) is 23.3 Å². The lowest BCUT2D eigenvalue weighted by atomic mass is 10.1. The zero-order valence-corrected chi connectivity index (χ0v) is 16.4. The summed E-state index contributed by atoms with van der Waals surface area (Å²) in [6, 6.07) is 2.11. The van der Waals surface area contributed by atoms with Crippen LogP contribution in [0, 0.1) is 0 Å². The SMILES string of the molecule is CC(C)(C)OC(=O)N1CCC(Nc2cc(OC3CCOC3)cnc2N)CC1. The first-order chi connectivity index (χ1) is 12.8.